The number of morpholine rings is 2. The first-order valence-electron chi connectivity index (χ1n) is 8.99. The van der Waals surface area contributed by atoms with Crippen LogP contribution >= 0.6 is 0 Å². The van der Waals surface area contributed by atoms with Gasteiger partial charge in [0, 0.05) is 26.2 Å². The van der Waals surface area contributed by atoms with E-state index in [1.54, 1.807) is 0 Å². The van der Waals surface area contributed by atoms with Crippen LogP contribution in [0.15, 0.2) is 0 Å². The lowest BCUT2D eigenvalue weighted by Gasteiger charge is -2.34. The average molecular weight is 298 g/mol. The number of rotatable bonds is 8. The predicted molar refractivity (Wildman–Crippen MR) is 86.8 cm³/mol. The summed E-state index contributed by atoms with van der Waals surface area (Å²) in [5, 5.41) is 0. The Morgan fingerprint density at radius 3 is 1.71 bits per heavy atom. The summed E-state index contributed by atoms with van der Waals surface area (Å²) < 4.78 is 11.8. The van der Waals surface area contributed by atoms with Gasteiger partial charge in [0.05, 0.1) is 25.4 Å². The molecule has 0 aliphatic carbocycles. The van der Waals surface area contributed by atoms with Gasteiger partial charge in [-0.3, -0.25) is 9.80 Å². The molecule has 2 heterocycles. The molecule has 0 spiro atoms. The highest BCUT2D eigenvalue weighted by atomic mass is 16.5. The highest BCUT2D eigenvalue weighted by Gasteiger charge is 2.22. The Hall–Kier alpha value is -0.160. The first-order valence-corrected chi connectivity index (χ1v) is 8.99. The van der Waals surface area contributed by atoms with Crippen molar-refractivity contribution in [3.8, 4) is 0 Å². The first-order chi connectivity index (χ1) is 10.3. The summed E-state index contributed by atoms with van der Waals surface area (Å²) in [5.41, 5.74) is 0. The van der Waals surface area contributed by atoms with Crippen molar-refractivity contribution >= 4 is 0 Å². The van der Waals surface area contributed by atoms with Crippen LogP contribution in [-0.4, -0.2) is 74.5 Å². The fourth-order valence-corrected chi connectivity index (χ4v) is 3.52. The van der Waals surface area contributed by atoms with Gasteiger partial charge in [0.25, 0.3) is 0 Å². The molecule has 2 unspecified atom stereocenters. The van der Waals surface area contributed by atoms with Gasteiger partial charge in [-0.05, 0) is 45.2 Å². The third-order valence-corrected chi connectivity index (χ3v) is 4.58. The minimum absolute atomic E-state index is 0.445. The summed E-state index contributed by atoms with van der Waals surface area (Å²) in [6.07, 6.45) is 6.99. The molecular weight excluding hydrogens is 264 g/mol. The summed E-state index contributed by atoms with van der Waals surface area (Å²) >= 11 is 0. The molecule has 0 radical (unpaired) electrons. The zero-order chi connectivity index (χ0) is 14.9. The summed E-state index contributed by atoms with van der Waals surface area (Å²) in [4.78, 5) is 5.10. The molecule has 21 heavy (non-hydrogen) atoms. The average Bonchev–Trinajstić information content (AvgIpc) is 2.49. The van der Waals surface area contributed by atoms with Crippen LogP contribution in [0.5, 0.6) is 0 Å². The minimum atomic E-state index is 0.445. The summed E-state index contributed by atoms with van der Waals surface area (Å²) in [7, 11) is 0. The van der Waals surface area contributed by atoms with Crippen LogP contribution in [0.1, 0.15) is 46.0 Å². The molecule has 4 nitrogen and oxygen atoms in total. The van der Waals surface area contributed by atoms with Gasteiger partial charge in [-0.25, -0.2) is 0 Å². The Balaban J connectivity index is 1.60. The molecule has 0 amide bonds. The second-order valence-corrected chi connectivity index (χ2v) is 6.52. The van der Waals surface area contributed by atoms with Gasteiger partial charge < -0.3 is 9.47 Å². The predicted octanol–water partition coefficient (Wildman–Crippen LogP) is 2.38. The van der Waals surface area contributed by atoms with Gasteiger partial charge in [0.2, 0.25) is 0 Å². The van der Waals surface area contributed by atoms with E-state index in [9.17, 15) is 0 Å². The summed E-state index contributed by atoms with van der Waals surface area (Å²) in [6.45, 7) is 13.3. The maximum absolute atomic E-state index is 5.91. The molecule has 4 heteroatoms. The van der Waals surface area contributed by atoms with Crippen LogP contribution in [0.3, 0.4) is 0 Å². The second kappa shape index (κ2) is 9.78. The van der Waals surface area contributed by atoms with Crippen molar-refractivity contribution in [1.29, 1.82) is 0 Å². The molecule has 2 saturated heterocycles. The molecule has 0 saturated carbocycles. The normalized spacial score (nSPS) is 28.9. The molecule has 2 aliphatic rings. The second-order valence-electron chi connectivity index (χ2n) is 6.52. The lowest BCUT2D eigenvalue weighted by Crippen LogP contribution is -2.43. The minimum Gasteiger partial charge on any atom is -0.376 e. The van der Waals surface area contributed by atoms with Gasteiger partial charge in [0.15, 0.2) is 0 Å². The molecule has 0 N–H and O–H groups in total. The van der Waals surface area contributed by atoms with E-state index in [1.807, 2.05) is 0 Å². The van der Waals surface area contributed by atoms with Gasteiger partial charge in [-0.1, -0.05) is 13.8 Å². The molecule has 0 aromatic heterocycles. The highest BCUT2D eigenvalue weighted by Crippen LogP contribution is 2.16. The number of hydrogen-bond donors (Lipinski definition) is 0. The van der Waals surface area contributed by atoms with Gasteiger partial charge in [0.1, 0.15) is 0 Å². The van der Waals surface area contributed by atoms with E-state index < -0.39 is 0 Å². The van der Waals surface area contributed by atoms with Crippen LogP contribution < -0.4 is 0 Å². The van der Waals surface area contributed by atoms with Crippen molar-refractivity contribution in [2.45, 2.75) is 58.2 Å². The summed E-state index contributed by atoms with van der Waals surface area (Å²) in [6, 6.07) is 0. The van der Waals surface area contributed by atoms with Crippen molar-refractivity contribution in [2.24, 2.45) is 0 Å². The molecular formula is C17H34N2O2. The van der Waals surface area contributed by atoms with E-state index in [4.69, 9.17) is 9.47 Å². The molecule has 2 aliphatic heterocycles. The van der Waals surface area contributed by atoms with Gasteiger partial charge in [-0.15, -0.1) is 0 Å². The van der Waals surface area contributed by atoms with Crippen molar-refractivity contribution in [1.82, 2.24) is 9.80 Å². The topological polar surface area (TPSA) is 24.9 Å². The van der Waals surface area contributed by atoms with Crippen molar-refractivity contribution in [2.75, 3.05) is 52.5 Å². The Morgan fingerprint density at radius 2 is 1.29 bits per heavy atom. The zero-order valence-electron chi connectivity index (χ0n) is 14.1. The Kier molecular flexibility index (Phi) is 8.01. The number of nitrogens with zero attached hydrogens (tertiary/aromatic N) is 2. The molecule has 2 rings (SSSR count). The Bertz CT molecular complexity index is 246. The lowest BCUT2D eigenvalue weighted by atomic mass is 10.1. The largest absolute Gasteiger partial charge is 0.376 e. The quantitative estimate of drug-likeness (QED) is 0.687. The van der Waals surface area contributed by atoms with E-state index >= 15 is 0 Å². The van der Waals surface area contributed by atoms with E-state index in [-0.39, 0.29) is 0 Å². The van der Waals surface area contributed by atoms with Crippen LogP contribution in [0, 0.1) is 0 Å². The van der Waals surface area contributed by atoms with Crippen molar-refractivity contribution in [3.63, 3.8) is 0 Å². The van der Waals surface area contributed by atoms with Crippen molar-refractivity contribution in [3.05, 3.63) is 0 Å². The smallest absolute Gasteiger partial charge is 0.0702 e. The van der Waals surface area contributed by atoms with Crippen LogP contribution in [0.4, 0.5) is 0 Å². The maximum Gasteiger partial charge on any atom is 0.0702 e. The zero-order valence-corrected chi connectivity index (χ0v) is 14.1. The number of ether oxygens (including phenoxy) is 2. The lowest BCUT2D eigenvalue weighted by molar-refractivity contribution is -0.0461. The molecule has 0 aromatic rings. The highest BCUT2D eigenvalue weighted by molar-refractivity contribution is 4.74. The third kappa shape index (κ3) is 6.23. The first kappa shape index (κ1) is 17.2. The van der Waals surface area contributed by atoms with Gasteiger partial charge >= 0.3 is 0 Å². The molecule has 0 bridgehead atoms. The van der Waals surface area contributed by atoms with Crippen LogP contribution in [-0.2, 0) is 9.47 Å². The third-order valence-electron chi connectivity index (χ3n) is 4.58. The Morgan fingerprint density at radius 1 is 0.810 bits per heavy atom. The van der Waals surface area contributed by atoms with E-state index in [2.05, 4.69) is 23.6 Å². The fraction of sp³-hybridized carbons (Fsp3) is 1.00. The monoisotopic (exact) mass is 298 g/mol. The van der Waals surface area contributed by atoms with Crippen LogP contribution in [0.2, 0.25) is 0 Å². The molecule has 124 valence electrons. The standard InChI is InChI=1S/C17H34N2O2/c1-3-8-18-10-12-20-16(14-18)6-5-7-17-15-19(9-4-2)11-13-21-17/h16-17H,3-15H2,1-2H3. The SMILES string of the molecule is CCCN1CCOC(CCCC2CN(CCC)CCO2)C1. The van der Waals surface area contributed by atoms with Crippen LogP contribution in [0.25, 0.3) is 0 Å². The van der Waals surface area contributed by atoms with Gasteiger partial charge in [-0.2, -0.15) is 0 Å². The number of hydrogen-bond acceptors (Lipinski definition) is 4. The molecule has 0 aromatic carbocycles. The fourth-order valence-electron chi connectivity index (χ4n) is 3.52. The van der Waals surface area contributed by atoms with E-state index in [0.29, 0.717) is 12.2 Å². The van der Waals surface area contributed by atoms with E-state index in [1.165, 1.54) is 45.2 Å². The van der Waals surface area contributed by atoms with Crippen molar-refractivity contribution < 1.29 is 9.47 Å². The Labute approximate surface area is 130 Å². The maximum atomic E-state index is 5.91. The van der Waals surface area contributed by atoms with E-state index in [0.717, 1.165) is 39.4 Å². The molecule has 2 fully saturated rings. The summed E-state index contributed by atoms with van der Waals surface area (Å²) in [5.74, 6) is 0. The molecule has 2 atom stereocenters.